The van der Waals surface area contributed by atoms with E-state index >= 15 is 0 Å². The predicted octanol–water partition coefficient (Wildman–Crippen LogP) is 4.83. The molecule has 0 aliphatic carbocycles. The van der Waals surface area contributed by atoms with Crippen molar-refractivity contribution in [3.8, 4) is 0 Å². The molecule has 1 saturated heterocycles. The molecule has 1 aliphatic heterocycles. The molecular weight excluding hydrogens is 411 g/mol. The highest BCUT2D eigenvalue weighted by molar-refractivity contribution is 7.98. The zero-order chi connectivity index (χ0) is 21.6. The van der Waals surface area contributed by atoms with Gasteiger partial charge >= 0.3 is 0 Å². The molecule has 2 aromatic carbocycles. The van der Waals surface area contributed by atoms with Crippen LogP contribution in [0, 0.1) is 12.7 Å². The molecule has 164 valence electrons. The molecule has 1 fully saturated rings. The fraction of sp³-hybridized carbons (Fsp3) is 0.417. The lowest BCUT2D eigenvalue weighted by Gasteiger charge is -2.19. The third kappa shape index (κ3) is 5.93. The van der Waals surface area contributed by atoms with Crippen LogP contribution in [0.25, 0.3) is 0 Å². The Morgan fingerprint density at radius 1 is 1.13 bits per heavy atom. The Labute approximate surface area is 187 Å². The van der Waals surface area contributed by atoms with Gasteiger partial charge in [-0.3, -0.25) is 4.90 Å². The van der Waals surface area contributed by atoms with Crippen LogP contribution in [0.15, 0.2) is 53.7 Å². The molecule has 1 aliphatic rings. The monoisotopic (exact) mass is 440 g/mol. The number of rotatable bonds is 9. The Bertz CT molecular complexity index is 985. The first-order chi connectivity index (χ1) is 15.1. The molecule has 0 amide bonds. The topological polar surface area (TPSA) is 43.2 Å². The van der Waals surface area contributed by atoms with E-state index in [-0.39, 0.29) is 11.9 Å². The highest BCUT2D eigenvalue weighted by atomic mass is 32.2. The smallest absolute Gasteiger partial charge is 0.191 e. The average molecular weight is 441 g/mol. The number of nitrogens with zero attached hydrogens (tertiary/aromatic N) is 4. The van der Waals surface area contributed by atoms with Crippen LogP contribution in [0.5, 0.6) is 0 Å². The summed E-state index contributed by atoms with van der Waals surface area (Å²) in [6, 6.07) is 15.1. The summed E-state index contributed by atoms with van der Waals surface area (Å²) in [6.07, 6.45) is 2.40. The molecule has 0 bridgehead atoms. The van der Waals surface area contributed by atoms with Crippen molar-refractivity contribution in [1.29, 1.82) is 0 Å². The number of aromatic nitrogens is 3. The summed E-state index contributed by atoms with van der Waals surface area (Å²) in [5.74, 6) is 1.59. The SMILES string of the molecule is Cc1ccccc1CSc1nnc(CN(C)Cc2ccc(F)cc2)n1CC1CCCO1. The predicted molar refractivity (Wildman–Crippen MR) is 121 cm³/mol. The van der Waals surface area contributed by atoms with Gasteiger partial charge in [0.2, 0.25) is 0 Å². The van der Waals surface area contributed by atoms with Gasteiger partial charge in [0.1, 0.15) is 11.6 Å². The zero-order valence-electron chi connectivity index (χ0n) is 18.1. The standard InChI is InChI=1S/C24H29FN4OS/c1-18-6-3-4-7-20(18)17-31-24-27-26-23(29(24)15-22-8-5-13-30-22)16-28(2)14-19-9-11-21(25)12-10-19/h3-4,6-7,9-12,22H,5,8,13-17H2,1-2H3. The second-order valence-corrected chi connectivity index (χ2v) is 9.10. The molecule has 0 radical (unpaired) electrons. The van der Waals surface area contributed by atoms with E-state index in [1.807, 2.05) is 12.1 Å². The zero-order valence-corrected chi connectivity index (χ0v) is 18.9. The first-order valence-electron chi connectivity index (χ1n) is 10.7. The molecule has 31 heavy (non-hydrogen) atoms. The molecule has 1 unspecified atom stereocenters. The quantitative estimate of drug-likeness (QED) is 0.446. The van der Waals surface area contributed by atoms with Crippen molar-refractivity contribution in [1.82, 2.24) is 19.7 Å². The summed E-state index contributed by atoms with van der Waals surface area (Å²) >= 11 is 1.72. The largest absolute Gasteiger partial charge is 0.376 e. The van der Waals surface area contributed by atoms with Crippen molar-refractivity contribution in [3.05, 3.63) is 76.9 Å². The number of benzene rings is 2. The maximum absolute atomic E-state index is 13.2. The lowest BCUT2D eigenvalue weighted by Crippen LogP contribution is -2.23. The second kappa shape index (κ2) is 10.4. The third-order valence-electron chi connectivity index (χ3n) is 5.60. The van der Waals surface area contributed by atoms with E-state index in [0.717, 1.165) is 54.8 Å². The molecule has 3 aromatic rings. The van der Waals surface area contributed by atoms with Gasteiger partial charge in [-0.2, -0.15) is 0 Å². The Morgan fingerprint density at radius 3 is 2.68 bits per heavy atom. The fourth-order valence-corrected chi connectivity index (χ4v) is 4.87. The number of hydrogen-bond acceptors (Lipinski definition) is 5. The highest BCUT2D eigenvalue weighted by Gasteiger charge is 2.22. The number of aryl methyl sites for hydroxylation is 1. The Morgan fingerprint density at radius 2 is 1.94 bits per heavy atom. The number of hydrogen-bond donors (Lipinski definition) is 0. The van der Waals surface area contributed by atoms with E-state index in [1.165, 1.54) is 23.3 Å². The molecule has 0 N–H and O–H groups in total. The fourth-order valence-electron chi connectivity index (χ4n) is 3.83. The van der Waals surface area contributed by atoms with Crippen LogP contribution >= 0.6 is 11.8 Å². The molecule has 4 rings (SSSR count). The lowest BCUT2D eigenvalue weighted by molar-refractivity contribution is 0.0934. The summed E-state index contributed by atoms with van der Waals surface area (Å²) in [5, 5.41) is 9.98. The van der Waals surface area contributed by atoms with Gasteiger partial charge < -0.3 is 9.30 Å². The van der Waals surface area contributed by atoms with E-state index in [4.69, 9.17) is 4.74 Å². The average Bonchev–Trinajstić information content (AvgIpc) is 3.40. The van der Waals surface area contributed by atoms with Crippen molar-refractivity contribution in [2.75, 3.05) is 13.7 Å². The molecule has 2 heterocycles. The van der Waals surface area contributed by atoms with Crippen LogP contribution in [-0.2, 0) is 30.1 Å². The molecule has 0 spiro atoms. The second-order valence-electron chi connectivity index (χ2n) is 8.16. The van der Waals surface area contributed by atoms with E-state index in [1.54, 1.807) is 11.8 Å². The Hall–Kier alpha value is -2.22. The van der Waals surface area contributed by atoms with Crippen molar-refractivity contribution in [2.24, 2.45) is 0 Å². The molecule has 1 aromatic heterocycles. The molecule has 7 heteroatoms. The minimum atomic E-state index is -0.210. The van der Waals surface area contributed by atoms with Gasteiger partial charge in [0.15, 0.2) is 5.16 Å². The first-order valence-corrected chi connectivity index (χ1v) is 11.7. The van der Waals surface area contributed by atoms with Gasteiger partial charge in [-0.25, -0.2) is 4.39 Å². The summed E-state index contributed by atoms with van der Waals surface area (Å²) in [6.45, 7) is 5.14. The molecule has 0 saturated carbocycles. The van der Waals surface area contributed by atoms with Gasteiger partial charge in [0.25, 0.3) is 0 Å². The van der Waals surface area contributed by atoms with Crippen molar-refractivity contribution >= 4 is 11.8 Å². The van der Waals surface area contributed by atoms with Gasteiger partial charge in [-0.05, 0) is 55.6 Å². The molecule has 5 nitrogen and oxygen atoms in total. The first kappa shape index (κ1) is 22.0. The van der Waals surface area contributed by atoms with Crippen LogP contribution in [-0.4, -0.2) is 39.4 Å². The summed E-state index contributed by atoms with van der Waals surface area (Å²) < 4.78 is 21.3. The van der Waals surface area contributed by atoms with Crippen LogP contribution in [0.2, 0.25) is 0 Å². The lowest BCUT2D eigenvalue weighted by atomic mass is 10.1. The maximum atomic E-state index is 13.2. The normalized spacial score (nSPS) is 16.3. The van der Waals surface area contributed by atoms with E-state index in [2.05, 4.69) is 57.9 Å². The van der Waals surface area contributed by atoms with Gasteiger partial charge in [0.05, 0.1) is 19.2 Å². The van der Waals surface area contributed by atoms with Gasteiger partial charge in [-0.1, -0.05) is 48.2 Å². The number of thioether (sulfide) groups is 1. The van der Waals surface area contributed by atoms with Gasteiger partial charge in [-0.15, -0.1) is 10.2 Å². The van der Waals surface area contributed by atoms with Crippen molar-refractivity contribution < 1.29 is 9.13 Å². The van der Waals surface area contributed by atoms with E-state index in [9.17, 15) is 4.39 Å². The summed E-state index contributed by atoms with van der Waals surface area (Å²) in [4.78, 5) is 2.18. The molecule has 1 atom stereocenters. The molecular formula is C24H29FN4OS. The summed E-state index contributed by atoms with van der Waals surface area (Å²) in [5.41, 5.74) is 3.68. The van der Waals surface area contributed by atoms with E-state index in [0.29, 0.717) is 6.54 Å². The minimum Gasteiger partial charge on any atom is -0.376 e. The highest BCUT2D eigenvalue weighted by Crippen LogP contribution is 2.26. The van der Waals surface area contributed by atoms with E-state index < -0.39 is 0 Å². The van der Waals surface area contributed by atoms with Crippen molar-refractivity contribution in [3.63, 3.8) is 0 Å². The maximum Gasteiger partial charge on any atom is 0.191 e. The van der Waals surface area contributed by atoms with Gasteiger partial charge in [0, 0.05) is 18.9 Å². The minimum absolute atomic E-state index is 0.210. The Kier molecular flexibility index (Phi) is 7.37. The van der Waals surface area contributed by atoms with Crippen LogP contribution in [0.1, 0.15) is 35.4 Å². The number of ether oxygens (including phenoxy) is 1. The van der Waals surface area contributed by atoms with Crippen LogP contribution in [0.3, 0.4) is 0 Å². The number of halogens is 1. The summed E-state index contributed by atoms with van der Waals surface area (Å²) in [7, 11) is 2.05. The van der Waals surface area contributed by atoms with Crippen LogP contribution in [0.4, 0.5) is 4.39 Å². The Balaban J connectivity index is 1.47. The van der Waals surface area contributed by atoms with Crippen LogP contribution < -0.4 is 0 Å². The van der Waals surface area contributed by atoms with Crippen molar-refractivity contribution in [2.45, 2.75) is 56.4 Å². The third-order valence-corrected chi connectivity index (χ3v) is 6.61.